The number of carbonyl (C=O) groups is 1. The Balaban J connectivity index is 1.94. The molecule has 0 amide bonds. The highest BCUT2D eigenvalue weighted by Gasteiger charge is 2.16. The second-order valence-corrected chi connectivity index (χ2v) is 3.70. The SMILES string of the molecule is COC(=O)c1cc(CN2CCNCC2)on1. The zero-order valence-corrected chi connectivity index (χ0v) is 9.23. The Morgan fingerprint density at radius 3 is 3.06 bits per heavy atom. The van der Waals surface area contributed by atoms with Crippen molar-refractivity contribution in [2.75, 3.05) is 33.3 Å². The summed E-state index contributed by atoms with van der Waals surface area (Å²) in [5.74, 6) is 0.234. The Labute approximate surface area is 93.5 Å². The van der Waals surface area contributed by atoms with Crippen molar-refractivity contribution in [1.29, 1.82) is 0 Å². The zero-order valence-electron chi connectivity index (χ0n) is 9.23. The lowest BCUT2D eigenvalue weighted by Gasteiger charge is -2.25. The maximum absolute atomic E-state index is 11.2. The third kappa shape index (κ3) is 2.59. The summed E-state index contributed by atoms with van der Waals surface area (Å²) in [5, 5.41) is 6.93. The maximum Gasteiger partial charge on any atom is 0.360 e. The van der Waals surface area contributed by atoms with Crippen molar-refractivity contribution in [2.24, 2.45) is 0 Å². The fraction of sp³-hybridized carbons (Fsp3) is 0.600. The number of hydrogen-bond acceptors (Lipinski definition) is 6. The van der Waals surface area contributed by atoms with Crippen molar-refractivity contribution in [1.82, 2.24) is 15.4 Å². The second-order valence-electron chi connectivity index (χ2n) is 3.70. The van der Waals surface area contributed by atoms with Crippen LogP contribution in [0.1, 0.15) is 16.2 Å². The van der Waals surface area contributed by atoms with Crippen LogP contribution in [-0.4, -0.2) is 49.3 Å². The normalized spacial score (nSPS) is 17.3. The number of rotatable bonds is 3. The van der Waals surface area contributed by atoms with E-state index in [4.69, 9.17) is 4.52 Å². The molecule has 1 aliphatic rings. The van der Waals surface area contributed by atoms with Crippen molar-refractivity contribution in [2.45, 2.75) is 6.54 Å². The van der Waals surface area contributed by atoms with Gasteiger partial charge in [-0.25, -0.2) is 4.79 Å². The van der Waals surface area contributed by atoms with E-state index in [1.54, 1.807) is 6.07 Å². The number of carbonyl (C=O) groups excluding carboxylic acids is 1. The number of aromatic nitrogens is 1. The highest BCUT2D eigenvalue weighted by molar-refractivity contribution is 5.86. The molecule has 0 saturated carbocycles. The Morgan fingerprint density at radius 1 is 1.62 bits per heavy atom. The summed E-state index contributed by atoms with van der Waals surface area (Å²) >= 11 is 0. The average molecular weight is 225 g/mol. The Kier molecular flexibility index (Phi) is 3.53. The predicted molar refractivity (Wildman–Crippen MR) is 56.0 cm³/mol. The molecule has 1 N–H and O–H groups in total. The summed E-state index contributed by atoms with van der Waals surface area (Å²) in [7, 11) is 1.33. The van der Waals surface area contributed by atoms with E-state index in [0.717, 1.165) is 26.2 Å². The van der Waals surface area contributed by atoms with Crippen LogP contribution in [0.15, 0.2) is 10.6 Å². The number of hydrogen-bond donors (Lipinski definition) is 1. The fourth-order valence-corrected chi connectivity index (χ4v) is 1.68. The van der Waals surface area contributed by atoms with E-state index in [2.05, 4.69) is 20.1 Å². The summed E-state index contributed by atoms with van der Waals surface area (Å²) in [6.07, 6.45) is 0. The van der Waals surface area contributed by atoms with Gasteiger partial charge >= 0.3 is 5.97 Å². The molecule has 6 nitrogen and oxygen atoms in total. The first-order valence-corrected chi connectivity index (χ1v) is 5.26. The molecule has 6 heteroatoms. The summed E-state index contributed by atoms with van der Waals surface area (Å²) in [6.45, 7) is 4.62. The summed E-state index contributed by atoms with van der Waals surface area (Å²) < 4.78 is 9.63. The van der Waals surface area contributed by atoms with Crippen molar-refractivity contribution in [3.05, 3.63) is 17.5 Å². The Hall–Kier alpha value is -1.40. The van der Waals surface area contributed by atoms with Crippen molar-refractivity contribution >= 4 is 5.97 Å². The monoisotopic (exact) mass is 225 g/mol. The first kappa shape index (κ1) is 11.1. The van der Waals surface area contributed by atoms with Gasteiger partial charge in [-0.15, -0.1) is 0 Å². The van der Waals surface area contributed by atoms with Crippen LogP contribution in [0.3, 0.4) is 0 Å². The molecule has 1 fully saturated rings. The molecular formula is C10H15N3O3. The van der Waals surface area contributed by atoms with Gasteiger partial charge in [0.25, 0.3) is 0 Å². The fourth-order valence-electron chi connectivity index (χ4n) is 1.68. The molecule has 2 heterocycles. The zero-order chi connectivity index (χ0) is 11.4. The van der Waals surface area contributed by atoms with Crippen LogP contribution in [-0.2, 0) is 11.3 Å². The van der Waals surface area contributed by atoms with Gasteiger partial charge in [-0.05, 0) is 0 Å². The number of piperazine rings is 1. The quantitative estimate of drug-likeness (QED) is 0.722. The molecule has 0 atom stereocenters. The average Bonchev–Trinajstić information content (AvgIpc) is 2.78. The lowest BCUT2D eigenvalue weighted by molar-refractivity contribution is 0.0589. The first-order valence-electron chi connectivity index (χ1n) is 5.26. The molecule has 0 aliphatic carbocycles. The van der Waals surface area contributed by atoms with Crippen LogP contribution in [0.4, 0.5) is 0 Å². The van der Waals surface area contributed by atoms with Gasteiger partial charge in [-0.3, -0.25) is 4.90 Å². The van der Waals surface area contributed by atoms with Crippen LogP contribution in [0.5, 0.6) is 0 Å². The van der Waals surface area contributed by atoms with Gasteiger partial charge in [0.2, 0.25) is 0 Å². The topological polar surface area (TPSA) is 67.6 Å². The van der Waals surface area contributed by atoms with Gasteiger partial charge in [-0.1, -0.05) is 5.16 Å². The van der Waals surface area contributed by atoms with Gasteiger partial charge in [0.05, 0.1) is 13.7 Å². The first-order chi connectivity index (χ1) is 7.79. The number of nitrogens with one attached hydrogen (secondary N) is 1. The highest BCUT2D eigenvalue weighted by Crippen LogP contribution is 2.08. The summed E-state index contributed by atoms with van der Waals surface area (Å²) in [6, 6.07) is 1.63. The third-order valence-electron chi connectivity index (χ3n) is 2.54. The molecule has 0 unspecified atom stereocenters. The van der Waals surface area contributed by atoms with Crippen LogP contribution in [0.2, 0.25) is 0 Å². The number of ether oxygens (including phenoxy) is 1. The van der Waals surface area contributed by atoms with Crippen molar-refractivity contribution in [3.63, 3.8) is 0 Å². The van der Waals surface area contributed by atoms with E-state index in [0.29, 0.717) is 12.3 Å². The lowest BCUT2D eigenvalue weighted by atomic mass is 10.3. The minimum absolute atomic E-state index is 0.229. The number of nitrogens with zero attached hydrogens (tertiary/aromatic N) is 2. The van der Waals surface area contributed by atoms with Crippen LogP contribution in [0, 0.1) is 0 Å². The number of esters is 1. The van der Waals surface area contributed by atoms with E-state index >= 15 is 0 Å². The minimum Gasteiger partial charge on any atom is -0.464 e. The van der Waals surface area contributed by atoms with Gasteiger partial charge in [0.1, 0.15) is 0 Å². The molecule has 16 heavy (non-hydrogen) atoms. The molecule has 2 rings (SSSR count). The van der Waals surface area contributed by atoms with E-state index in [-0.39, 0.29) is 5.69 Å². The van der Waals surface area contributed by atoms with E-state index in [1.165, 1.54) is 7.11 Å². The minimum atomic E-state index is -0.463. The van der Waals surface area contributed by atoms with Crippen molar-refractivity contribution < 1.29 is 14.1 Å². The largest absolute Gasteiger partial charge is 0.464 e. The molecule has 0 radical (unpaired) electrons. The predicted octanol–water partition coefficient (Wildman–Crippen LogP) is -0.134. The van der Waals surface area contributed by atoms with Gasteiger partial charge in [0, 0.05) is 32.2 Å². The molecular weight excluding hydrogens is 210 g/mol. The summed E-state index contributed by atoms with van der Waals surface area (Å²) in [4.78, 5) is 13.4. The van der Waals surface area contributed by atoms with Gasteiger partial charge < -0.3 is 14.6 Å². The van der Waals surface area contributed by atoms with Crippen LogP contribution < -0.4 is 5.32 Å². The van der Waals surface area contributed by atoms with E-state index in [1.807, 2.05) is 0 Å². The molecule has 1 saturated heterocycles. The molecule has 1 aromatic heterocycles. The van der Waals surface area contributed by atoms with E-state index < -0.39 is 5.97 Å². The second kappa shape index (κ2) is 5.09. The van der Waals surface area contributed by atoms with Crippen molar-refractivity contribution in [3.8, 4) is 0 Å². The van der Waals surface area contributed by atoms with Gasteiger partial charge in [-0.2, -0.15) is 0 Å². The van der Waals surface area contributed by atoms with Gasteiger partial charge in [0.15, 0.2) is 11.5 Å². The lowest BCUT2D eigenvalue weighted by Crippen LogP contribution is -2.42. The molecule has 88 valence electrons. The molecule has 1 aliphatic heterocycles. The molecule has 1 aromatic rings. The smallest absolute Gasteiger partial charge is 0.360 e. The van der Waals surface area contributed by atoms with Crippen LogP contribution in [0.25, 0.3) is 0 Å². The summed E-state index contributed by atoms with van der Waals surface area (Å²) in [5.41, 5.74) is 0.229. The molecule has 0 bridgehead atoms. The molecule has 0 aromatic carbocycles. The Morgan fingerprint density at radius 2 is 2.38 bits per heavy atom. The van der Waals surface area contributed by atoms with Crippen LogP contribution >= 0.6 is 0 Å². The highest BCUT2D eigenvalue weighted by atomic mass is 16.5. The Bertz CT molecular complexity index is 358. The van der Waals surface area contributed by atoms with E-state index in [9.17, 15) is 4.79 Å². The maximum atomic E-state index is 11.2. The molecule has 0 spiro atoms. The third-order valence-corrected chi connectivity index (χ3v) is 2.54. The number of methoxy groups -OCH3 is 1. The standard InChI is InChI=1S/C10H15N3O3/c1-15-10(14)9-6-8(16-12-9)7-13-4-2-11-3-5-13/h6,11H,2-5,7H2,1H3.